The molecule has 4 aromatic rings. The lowest BCUT2D eigenvalue weighted by molar-refractivity contribution is -0.142. The third kappa shape index (κ3) is 4.69. The molecule has 0 saturated carbocycles. The number of aromatic nitrogens is 3. The zero-order valence-corrected chi connectivity index (χ0v) is 19.3. The molecule has 3 aromatic heterocycles. The van der Waals surface area contributed by atoms with Crippen molar-refractivity contribution in [3.05, 3.63) is 77.0 Å². The van der Waals surface area contributed by atoms with E-state index in [1.807, 2.05) is 32.9 Å². The monoisotopic (exact) mass is 470 g/mol. The molecule has 3 heterocycles. The maximum atomic E-state index is 13.9. The normalized spacial score (nSPS) is 12.8. The second-order valence-corrected chi connectivity index (χ2v) is 8.51. The molecular formula is C25H25F3N4O2. The Hall–Kier alpha value is -3.62. The molecule has 0 aliphatic carbocycles. The van der Waals surface area contributed by atoms with Gasteiger partial charge in [0.1, 0.15) is 5.76 Å². The smallest absolute Gasteiger partial charge is 0.433 e. The average Bonchev–Trinajstić information content (AvgIpc) is 3.46. The van der Waals surface area contributed by atoms with Crippen LogP contribution in [0.15, 0.2) is 53.1 Å². The van der Waals surface area contributed by atoms with Crippen LogP contribution < -0.4 is 0 Å². The first-order valence-corrected chi connectivity index (χ1v) is 10.9. The van der Waals surface area contributed by atoms with Crippen molar-refractivity contribution in [1.82, 2.24) is 19.5 Å². The van der Waals surface area contributed by atoms with E-state index in [0.717, 1.165) is 23.0 Å². The molecule has 9 heteroatoms. The Kier molecular flexibility index (Phi) is 6.20. The summed E-state index contributed by atoms with van der Waals surface area (Å²) in [6.45, 7) is 5.69. The number of carbonyl (C=O) groups excluding carboxylic acids is 1. The van der Waals surface area contributed by atoms with Crippen molar-refractivity contribution in [2.24, 2.45) is 0 Å². The van der Waals surface area contributed by atoms with Crippen LogP contribution in [0.1, 0.15) is 46.4 Å². The lowest BCUT2D eigenvalue weighted by Crippen LogP contribution is -2.35. The van der Waals surface area contributed by atoms with E-state index < -0.39 is 17.8 Å². The van der Waals surface area contributed by atoms with E-state index in [0.29, 0.717) is 22.9 Å². The standard InChI is InChI=1S/C25H25F3N4O2/c1-15-7-9-18(12-16(15)2)20-13-22(25(26,27)28)32-23(29-20)14-21(30-32)24(33)31(4)17(3)8-10-19-6-5-11-34-19/h5-7,9,11-14,17H,8,10H2,1-4H3/t17-/m0/s1. The summed E-state index contributed by atoms with van der Waals surface area (Å²) in [7, 11) is 1.61. The van der Waals surface area contributed by atoms with Gasteiger partial charge >= 0.3 is 6.18 Å². The number of halogens is 3. The van der Waals surface area contributed by atoms with Gasteiger partial charge in [0, 0.05) is 31.1 Å². The van der Waals surface area contributed by atoms with Crippen LogP contribution in [0, 0.1) is 13.8 Å². The van der Waals surface area contributed by atoms with Crippen LogP contribution in [0.3, 0.4) is 0 Å². The predicted molar refractivity (Wildman–Crippen MR) is 121 cm³/mol. The molecule has 0 fully saturated rings. The number of alkyl halides is 3. The number of furan rings is 1. The van der Waals surface area contributed by atoms with Crippen molar-refractivity contribution in [2.45, 2.75) is 45.8 Å². The molecule has 0 unspecified atom stereocenters. The molecule has 4 rings (SSSR count). The second-order valence-electron chi connectivity index (χ2n) is 8.51. The Labute approximate surface area is 195 Å². The van der Waals surface area contributed by atoms with Gasteiger partial charge in [0.2, 0.25) is 0 Å². The highest BCUT2D eigenvalue weighted by Crippen LogP contribution is 2.33. The van der Waals surface area contributed by atoms with Crippen molar-refractivity contribution in [3.63, 3.8) is 0 Å². The number of carbonyl (C=O) groups is 1. The topological polar surface area (TPSA) is 63.6 Å². The fraction of sp³-hybridized carbons (Fsp3) is 0.320. The molecule has 0 N–H and O–H groups in total. The van der Waals surface area contributed by atoms with Crippen LogP contribution in [0.5, 0.6) is 0 Å². The Morgan fingerprint density at radius 1 is 1.15 bits per heavy atom. The van der Waals surface area contributed by atoms with Gasteiger partial charge < -0.3 is 9.32 Å². The molecule has 6 nitrogen and oxygen atoms in total. The van der Waals surface area contributed by atoms with Gasteiger partial charge in [0.25, 0.3) is 5.91 Å². The summed E-state index contributed by atoms with van der Waals surface area (Å²) >= 11 is 0. The summed E-state index contributed by atoms with van der Waals surface area (Å²) in [6, 6.07) is 11.1. The number of fused-ring (bicyclic) bond motifs is 1. The van der Waals surface area contributed by atoms with Gasteiger partial charge in [0.05, 0.1) is 12.0 Å². The van der Waals surface area contributed by atoms with E-state index in [-0.39, 0.29) is 23.1 Å². The number of amides is 1. The lowest BCUT2D eigenvalue weighted by Gasteiger charge is -2.23. The molecule has 34 heavy (non-hydrogen) atoms. The van der Waals surface area contributed by atoms with Crippen LogP contribution in [-0.4, -0.2) is 38.5 Å². The van der Waals surface area contributed by atoms with Gasteiger partial charge in [0.15, 0.2) is 17.0 Å². The summed E-state index contributed by atoms with van der Waals surface area (Å²) in [6.07, 6.45) is -1.82. The van der Waals surface area contributed by atoms with Crippen LogP contribution in [0.2, 0.25) is 0 Å². The second kappa shape index (κ2) is 8.96. The molecule has 1 atom stereocenters. The van der Waals surface area contributed by atoms with Crippen molar-refractivity contribution >= 4 is 11.6 Å². The van der Waals surface area contributed by atoms with E-state index in [9.17, 15) is 18.0 Å². The predicted octanol–water partition coefficient (Wildman–Crippen LogP) is 5.72. The van der Waals surface area contributed by atoms with E-state index in [1.165, 1.54) is 11.0 Å². The third-order valence-electron chi connectivity index (χ3n) is 6.11. The first-order chi connectivity index (χ1) is 16.0. The van der Waals surface area contributed by atoms with E-state index in [2.05, 4.69) is 10.1 Å². The number of nitrogens with zero attached hydrogens (tertiary/aromatic N) is 4. The minimum Gasteiger partial charge on any atom is -0.469 e. The summed E-state index contributed by atoms with van der Waals surface area (Å²) in [4.78, 5) is 18.9. The number of rotatable bonds is 6. The van der Waals surface area contributed by atoms with E-state index >= 15 is 0 Å². The Balaban J connectivity index is 1.67. The molecule has 0 bridgehead atoms. The van der Waals surface area contributed by atoms with Gasteiger partial charge in [-0.3, -0.25) is 4.79 Å². The van der Waals surface area contributed by atoms with Gasteiger partial charge in [-0.05, 0) is 62.6 Å². The quantitative estimate of drug-likeness (QED) is 0.362. The molecule has 1 aromatic carbocycles. The highest BCUT2D eigenvalue weighted by atomic mass is 19.4. The minimum atomic E-state index is -4.68. The SMILES string of the molecule is Cc1ccc(-c2cc(C(F)(F)F)n3nc(C(=O)N(C)[C@@H](C)CCc4ccco4)cc3n2)cc1C. The van der Waals surface area contributed by atoms with Gasteiger partial charge in [-0.2, -0.15) is 18.3 Å². The summed E-state index contributed by atoms with van der Waals surface area (Å²) in [5.74, 6) is 0.330. The zero-order valence-electron chi connectivity index (χ0n) is 19.3. The van der Waals surface area contributed by atoms with E-state index in [1.54, 1.807) is 31.5 Å². The Morgan fingerprint density at radius 3 is 2.56 bits per heavy atom. The minimum absolute atomic E-state index is 0.0389. The lowest BCUT2D eigenvalue weighted by atomic mass is 10.0. The zero-order chi connectivity index (χ0) is 24.6. The molecule has 0 spiro atoms. The largest absolute Gasteiger partial charge is 0.469 e. The number of aryl methyl sites for hydroxylation is 3. The van der Waals surface area contributed by atoms with Crippen LogP contribution in [-0.2, 0) is 12.6 Å². The Bertz CT molecular complexity index is 1330. The molecule has 0 saturated heterocycles. The number of hydrogen-bond acceptors (Lipinski definition) is 4. The first-order valence-electron chi connectivity index (χ1n) is 10.9. The van der Waals surface area contributed by atoms with Crippen molar-refractivity contribution in [3.8, 4) is 11.3 Å². The molecular weight excluding hydrogens is 445 g/mol. The summed E-state index contributed by atoms with van der Waals surface area (Å²) < 4.78 is 47.7. The van der Waals surface area contributed by atoms with Gasteiger partial charge in [-0.15, -0.1) is 0 Å². The fourth-order valence-corrected chi connectivity index (χ4v) is 3.71. The van der Waals surface area contributed by atoms with Gasteiger partial charge in [-0.25, -0.2) is 9.50 Å². The van der Waals surface area contributed by atoms with Crippen molar-refractivity contribution in [1.29, 1.82) is 0 Å². The van der Waals surface area contributed by atoms with Crippen molar-refractivity contribution < 1.29 is 22.4 Å². The van der Waals surface area contributed by atoms with Gasteiger partial charge in [-0.1, -0.05) is 12.1 Å². The maximum Gasteiger partial charge on any atom is 0.433 e. The first kappa shape index (κ1) is 23.5. The number of benzene rings is 1. The fourth-order valence-electron chi connectivity index (χ4n) is 3.71. The van der Waals surface area contributed by atoms with Crippen LogP contribution >= 0.6 is 0 Å². The van der Waals surface area contributed by atoms with E-state index in [4.69, 9.17) is 4.42 Å². The highest BCUT2D eigenvalue weighted by Gasteiger charge is 2.36. The summed E-state index contributed by atoms with van der Waals surface area (Å²) in [5.41, 5.74) is 1.59. The summed E-state index contributed by atoms with van der Waals surface area (Å²) in [5, 5.41) is 3.98. The third-order valence-corrected chi connectivity index (χ3v) is 6.11. The van der Waals surface area contributed by atoms with Crippen LogP contribution in [0.4, 0.5) is 13.2 Å². The molecule has 0 aliphatic heterocycles. The van der Waals surface area contributed by atoms with Crippen LogP contribution in [0.25, 0.3) is 16.9 Å². The molecule has 178 valence electrons. The Morgan fingerprint density at radius 2 is 1.91 bits per heavy atom. The van der Waals surface area contributed by atoms with Crippen molar-refractivity contribution in [2.75, 3.05) is 7.05 Å². The molecule has 0 aliphatic rings. The molecule has 1 amide bonds. The number of hydrogen-bond donors (Lipinski definition) is 0. The average molecular weight is 470 g/mol. The maximum absolute atomic E-state index is 13.9. The molecule has 0 radical (unpaired) electrons. The highest BCUT2D eigenvalue weighted by molar-refractivity contribution is 5.93.